The van der Waals surface area contributed by atoms with Gasteiger partial charge in [-0.3, -0.25) is 0 Å². The summed E-state index contributed by atoms with van der Waals surface area (Å²) in [6.45, 7) is 6.68. The van der Waals surface area contributed by atoms with Crippen LogP contribution in [0.2, 0.25) is 0 Å². The Hall–Kier alpha value is -0.740. The molecule has 0 unspecified atom stereocenters. The van der Waals surface area contributed by atoms with Gasteiger partial charge in [-0.1, -0.05) is 42.1 Å². The fraction of sp³-hybridized carbons (Fsp3) is 0.625. The van der Waals surface area contributed by atoms with Crippen molar-refractivity contribution >= 4 is 15.9 Å². The molecule has 0 aromatic heterocycles. The molecule has 114 valence electrons. The molecule has 1 aromatic rings. The lowest BCUT2D eigenvalue weighted by atomic mass is 10.1. The maximum atomic E-state index is 5.74. The van der Waals surface area contributed by atoms with E-state index in [1.165, 1.54) is 25.7 Å². The van der Waals surface area contributed by atoms with Crippen LogP contribution in [0.5, 0.6) is 11.5 Å². The quantitative estimate of drug-likeness (QED) is 0.633. The van der Waals surface area contributed by atoms with Crippen LogP contribution in [0.25, 0.3) is 0 Å². The molecule has 0 radical (unpaired) electrons. The van der Waals surface area contributed by atoms with E-state index in [1.54, 1.807) is 7.11 Å². The normalized spacial score (nSPS) is 10.6. The number of benzene rings is 1. The molecule has 0 saturated heterocycles. The molecule has 0 saturated carbocycles. The van der Waals surface area contributed by atoms with Crippen LogP contribution in [0, 0.1) is 0 Å². The number of methoxy groups -OCH3 is 1. The van der Waals surface area contributed by atoms with Crippen molar-refractivity contribution in [2.24, 2.45) is 0 Å². The lowest BCUT2D eigenvalue weighted by molar-refractivity contribution is 0.306. The molecule has 20 heavy (non-hydrogen) atoms. The summed E-state index contributed by atoms with van der Waals surface area (Å²) in [6.07, 6.45) is 5.10. The maximum Gasteiger partial charge on any atom is 0.166 e. The highest BCUT2D eigenvalue weighted by atomic mass is 79.9. The summed E-state index contributed by atoms with van der Waals surface area (Å²) >= 11 is 3.60. The molecule has 0 fully saturated rings. The molecule has 0 aliphatic carbocycles. The Labute approximate surface area is 131 Å². The second-order valence-electron chi connectivity index (χ2n) is 4.73. The predicted molar refractivity (Wildman–Crippen MR) is 87.7 cm³/mol. The van der Waals surface area contributed by atoms with Crippen molar-refractivity contribution in [2.45, 2.75) is 46.1 Å². The van der Waals surface area contributed by atoms with Gasteiger partial charge in [0.05, 0.1) is 13.7 Å². The zero-order chi connectivity index (χ0) is 14.8. The maximum absolute atomic E-state index is 5.74. The van der Waals surface area contributed by atoms with Crippen LogP contribution >= 0.6 is 15.9 Å². The molecule has 4 heteroatoms. The van der Waals surface area contributed by atoms with Crippen LogP contribution in [0.4, 0.5) is 0 Å². The summed E-state index contributed by atoms with van der Waals surface area (Å²) in [4.78, 5) is 0. The van der Waals surface area contributed by atoms with Crippen LogP contribution < -0.4 is 14.8 Å². The van der Waals surface area contributed by atoms with E-state index < -0.39 is 0 Å². The van der Waals surface area contributed by atoms with E-state index in [9.17, 15) is 0 Å². The summed E-state index contributed by atoms with van der Waals surface area (Å²) < 4.78 is 12.2. The van der Waals surface area contributed by atoms with E-state index >= 15 is 0 Å². The molecular weight excluding hydrogens is 318 g/mol. The van der Waals surface area contributed by atoms with Gasteiger partial charge in [0.1, 0.15) is 0 Å². The van der Waals surface area contributed by atoms with Crippen molar-refractivity contribution < 1.29 is 9.47 Å². The molecule has 1 aromatic carbocycles. The number of hydrogen-bond donors (Lipinski definition) is 1. The monoisotopic (exact) mass is 343 g/mol. The van der Waals surface area contributed by atoms with Gasteiger partial charge in [-0.25, -0.2) is 0 Å². The third-order valence-corrected chi connectivity index (χ3v) is 3.93. The van der Waals surface area contributed by atoms with Gasteiger partial charge in [0, 0.05) is 16.6 Å². The molecule has 3 nitrogen and oxygen atoms in total. The smallest absolute Gasteiger partial charge is 0.166 e. The molecule has 0 bridgehead atoms. The highest BCUT2D eigenvalue weighted by molar-refractivity contribution is 9.10. The van der Waals surface area contributed by atoms with Gasteiger partial charge < -0.3 is 14.8 Å². The van der Waals surface area contributed by atoms with E-state index in [0.717, 1.165) is 34.6 Å². The summed E-state index contributed by atoms with van der Waals surface area (Å²) in [6, 6.07) is 3.94. The molecular formula is C16H26BrNO2. The summed E-state index contributed by atoms with van der Waals surface area (Å²) in [5.41, 5.74) is 1.13. The Balaban J connectivity index is 2.62. The van der Waals surface area contributed by atoms with Gasteiger partial charge in [-0.05, 0) is 32.0 Å². The number of hydrogen-bond acceptors (Lipinski definition) is 3. The van der Waals surface area contributed by atoms with Gasteiger partial charge in [0.15, 0.2) is 11.5 Å². The standard InChI is InChI=1S/C16H26BrNO2/c1-4-6-7-8-11-18-12-13-14(17)9-10-15(19-3)16(13)20-5-2/h9-10,18H,4-8,11-12H2,1-3H3. The number of unbranched alkanes of at least 4 members (excludes halogenated alkanes) is 3. The molecule has 0 aliphatic heterocycles. The molecule has 0 spiro atoms. The van der Waals surface area contributed by atoms with E-state index in [2.05, 4.69) is 28.2 Å². The average molecular weight is 344 g/mol. The van der Waals surface area contributed by atoms with Crippen molar-refractivity contribution in [3.8, 4) is 11.5 Å². The largest absolute Gasteiger partial charge is 0.493 e. The second-order valence-corrected chi connectivity index (χ2v) is 5.58. The number of rotatable bonds is 10. The summed E-state index contributed by atoms with van der Waals surface area (Å²) in [5, 5.41) is 3.49. The molecule has 1 N–H and O–H groups in total. The average Bonchev–Trinajstić information content (AvgIpc) is 2.45. The first-order valence-corrected chi connectivity index (χ1v) is 8.22. The number of ether oxygens (including phenoxy) is 2. The van der Waals surface area contributed by atoms with Crippen LogP contribution in [0.15, 0.2) is 16.6 Å². The Morgan fingerprint density at radius 2 is 1.95 bits per heavy atom. The summed E-state index contributed by atoms with van der Waals surface area (Å²) in [5.74, 6) is 1.63. The van der Waals surface area contributed by atoms with Crippen molar-refractivity contribution in [1.82, 2.24) is 5.32 Å². The zero-order valence-corrected chi connectivity index (χ0v) is 14.4. The molecule has 1 rings (SSSR count). The van der Waals surface area contributed by atoms with Crippen LogP contribution in [0.3, 0.4) is 0 Å². The Morgan fingerprint density at radius 1 is 1.15 bits per heavy atom. The van der Waals surface area contributed by atoms with E-state index in [0.29, 0.717) is 6.61 Å². The van der Waals surface area contributed by atoms with E-state index in [4.69, 9.17) is 9.47 Å². The Kier molecular flexibility index (Phi) is 8.70. The van der Waals surface area contributed by atoms with Gasteiger partial charge in [0.2, 0.25) is 0 Å². The van der Waals surface area contributed by atoms with Crippen molar-refractivity contribution in [1.29, 1.82) is 0 Å². The van der Waals surface area contributed by atoms with E-state index in [-0.39, 0.29) is 0 Å². The molecule has 0 heterocycles. The highest BCUT2D eigenvalue weighted by Crippen LogP contribution is 2.36. The summed E-state index contributed by atoms with van der Waals surface area (Å²) in [7, 11) is 1.67. The third-order valence-electron chi connectivity index (χ3n) is 3.18. The molecule has 0 atom stereocenters. The highest BCUT2D eigenvalue weighted by Gasteiger charge is 2.13. The van der Waals surface area contributed by atoms with Gasteiger partial charge in [0.25, 0.3) is 0 Å². The minimum Gasteiger partial charge on any atom is -0.493 e. The molecule has 0 aliphatic rings. The minimum absolute atomic E-state index is 0.635. The van der Waals surface area contributed by atoms with Crippen molar-refractivity contribution in [3.05, 3.63) is 22.2 Å². The minimum atomic E-state index is 0.635. The van der Waals surface area contributed by atoms with Gasteiger partial charge in [-0.2, -0.15) is 0 Å². The lowest BCUT2D eigenvalue weighted by Crippen LogP contribution is -2.16. The number of nitrogens with one attached hydrogen (secondary N) is 1. The fourth-order valence-corrected chi connectivity index (χ4v) is 2.55. The van der Waals surface area contributed by atoms with Crippen LogP contribution in [-0.4, -0.2) is 20.3 Å². The first-order valence-electron chi connectivity index (χ1n) is 7.43. The van der Waals surface area contributed by atoms with Gasteiger partial charge in [-0.15, -0.1) is 0 Å². The lowest BCUT2D eigenvalue weighted by Gasteiger charge is -2.16. The topological polar surface area (TPSA) is 30.5 Å². The molecule has 0 amide bonds. The first-order chi connectivity index (χ1) is 9.74. The fourth-order valence-electron chi connectivity index (χ4n) is 2.10. The zero-order valence-electron chi connectivity index (χ0n) is 12.8. The Morgan fingerprint density at radius 3 is 2.60 bits per heavy atom. The van der Waals surface area contributed by atoms with Gasteiger partial charge >= 0.3 is 0 Å². The van der Waals surface area contributed by atoms with Crippen LogP contribution in [-0.2, 0) is 6.54 Å². The third kappa shape index (κ3) is 5.33. The number of halogens is 1. The van der Waals surface area contributed by atoms with E-state index in [1.807, 2.05) is 19.1 Å². The first kappa shape index (κ1) is 17.3. The van der Waals surface area contributed by atoms with Crippen LogP contribution in [0.1, 0.15) is 45.1 Å². The predicted octanol–water partition coefficient (Wildman–Crippen LogP) is 4.53. The van der Waals surface area contributed by atoms with Crippen molar-refractivity contribution in [3.63, 3.8) is 0 Å². The van der Waals surface area contributed by atoms with Crippen molar-refractivity contribution in [2.75, 3.05) is 20.3 Å². The SMILES string of the molecule is CCCCCCNCc1c(Br)ccc(OC)c1OCC. The second kappa shape index (κ2) is 10.1. The Bertz CT molecular complexity index is 396.